The Morgan fingerprint density at radius 1 is 1.27 bits per heavy atom. The van der Waals surface area contributed by atoms with Crippen molar-refractivity contribution >= 4 is 11.7 Å². The number of halogens is 1. The van der Waals surface area contributed by atoms with Crippen LogP contribution in [0.1, 0.15) is 54.1 Å². The fraction of sp³-hybridized carbons (Fsp3) is 0.412. The van der Waals surface area contributed by atoms with Crippen LogP contribution >= 0.6 is 0 Å². The van der Waals surface area contributed by atoms with Gasteiger partial charge in [-0.1, -0.05) is 25.3 Å². The summed E-state index contributed by atoms with van der Waals surface area (Å²) < 4.78 is 15.5. The fourth-order valence-corrected chi connectivity index (χ4v) is 2.95. The van der Waals surface area contributed by atoms with E-state index in [1.165, 1.54) is 25.3 Å². The third kappa shape index (κ3) is 3.03. The monoisotopic (exact) mass is 301 g/mol. The van der Waals surface area contributed by atoms with E-state index in [9.17, 15) is 9.18 Å². The van der Waals surface area contributed by atoms with Crippen LogP contribution in [0.2, 0.25) is 0 Å². The highest BCUT2D eigenvalue weighted by Crippen LogP contribution is 2.30. The van der Waals surface area contributed by atoms with Crippen molar-refractivity contribution in [3.8, 4) is 0 Å². The molecule has 1 aliphatic carbocycles. The maximum atomic E-state index is 13.6. The van der Waals surface area contributed by atoms with Crippen molar-refractivity contribution in [3.05, 3.63) is 47.4 Å². The zero-order valence-electron chi connectivity index (χ0n) is 12.7. The van der Waals surface area contributed by atoms with Crippen molar-refractivity contribution in [1.82, 2.24) is 9.78 Å². The topological polar surface area (TPSA) is 46.9 Å². The molecule has 4 nitrogen and oxygen atoms in total. The lowest BCUT2D eigenvalue weighted by Gasteiger charge is -2.23. The molecular formula is C17H20FN3O. The van der Waals surface area contributed by atoms with E-state index in [0.717, 1.165) is 12.8 Å². The van der Waals surface area contributed by atoms with E-state index in [1.807, 2.05) is 4.68 Å². The lowest BCUT2D eigenvalue weighted by molar-refractivity contribution is 0.102. The number of nitrogens with one attached hydrogen (secondary N) is 1. The number of benzene rings is 1. The van der Waals surface area contributed by atoms with E-state index in [0.29, 0.717) is 23.0 Å². The van der Waals surface area contributed by atoms with Crippen molar-refractivity contribution < 1.29 is 9.18 Å². The molecule has 1 aliphatic rings. The van der Waals surface area contributed by atoms with Crippen LogP contribution in [0.4, 0.5) is 10.2 Å². The van der Waals surface area contributed by atoms with Crippen LogP contribution in [0.15, 0.2) is 30.5 Å². The molecule has 0 saturated heterocycles. The second-order valence-electron chi connectivity index (χ2n) is 5.87. The van der Waals surface area contributed by atoms with Crippen molar-refractivity contribution in [3.63, 3.8) is 0 Å². The molecule has 1 aromatic carbocycles. The van der Waals surface area contributed by atoms with Gasteiger partial charge in [0.2, 0.25) is 0 Å². The second-order valence-corrected chi connectivity index (χ2v) is 5.87. The van der Waals surface area contributed by atoms with E-state index in [-0.39, 0.29) is 11.7 Å². The molecule has 0 aliphatic heterocycles. The first kappa shape index (κ1) is 14.8. The molecule has 0 radical (unpaired) electrons. The quantitative estimate of drug-likeness (QED) is 0.928. The molecule has 1 saturated carbocycles. The normalized spacial score (nSPS) is 15.7. The molecule has 1 amide bonds. The SMILES string of the molecule is Cc1ccc(C(=O)Nc2ccnn2C2CCCCC2)cc1F. The summed E-state index contributed by atoms with van der Waals surface area (Å²) >= 11 is 0. The Kier molecular flexibility index (Phi) is 4.22. The first-order valence-corrected chi connectivity index (χ1v) is 7.76. The van der Waals surface area contributed by atoms with Crippen LogP contribution < -0.4 is 5.32 Å². The Balaban J connectivity index is 1.76. The Hall–Kier alpha value is -2.17. The van der Waals surface area contributed by atoms with Gasteiger partial charge in [-0.2, -0.15) is 5.10 Å². The number of nitrogens with zero attached hydrogens (tertiary/aromatic N) is 2. The molecule has 1 N–H and O–H groups in total. The van der Waals surface area contributed by atoms with Crippen LogP contribution in [-0.2, 0) is 0 Å². The van der Waals surface area contributed by atoms with E-state index in [4.69, 9.17) is 0 Å². The summed E-state index contributed by atoms with van der Waals surface area (Å²) in [7, 11) is 0. The molecule has 3 rings (SSSR count). The van der Waals surface area contributed by atoms with Crippen LogP contribution in [-0.4, -0.2) is 15.7 Å². The lowest BCUT2D eigenvalue weighted by atomic mass is 9.96. The summed E-state index contributed by atoms with van der Waals surface area (Å²) in [5, 5.41) is 7.19. The standard InChI is InChI=1S/C17H20FN3O/c1-12-7-8-13(11-15(12)18)17(22)20-16-9-10-19-21(16)14-5-3-2-4-6-14/h7-11,14H,2-6H2,1H3,(H,20,22). The highest BCUT2D eigenvalue weighted by atomic mass is 19.1. The average Bonchev–Trinajstić information content (AvgIpc) is 2.99. The third-order valence-corrected chi connectivity index (χ3v) is 4.27. The van der Waals surface area contributed by atoms with Crippen molar-refractivity contribution in [2.45, 2.75) is 45.1 Å². The van der Waals surface area contributed by atoms with Gasteiger partial charge in [-0.05, 0) is 37.5 Å². The lowest BCUT2D eigenvalue weighted by Crippen LogP contribution is -2.20. The number of carbonyl (C=O) groups excluding carboxylic acids is 1. The Bertz CT molecular complexity index is 674. The van der Waals surface area contributed by atoms with E-state index in [1.54, 1.807) is 31.3 Å². The summed E-state index contributed by atoms with van der Waals surface area (Å²) in [5.41, 5.74) is 0.850. The largest absolute Gasteiger partial charge is 0.307 e. The van der Waals surface area contributed by atoms with Gasteiger partial charge >= 0.3 is 0 Å². The fourth-order valence-electron chi connectivity index (χ4n) is 2.95. The first-order valence-electron chi connectivity index (χ1n) is 7.76. The molecular weight excluding hydrogens is 281 g/mol. The third-order valence-electron chi connectivity index (χ3n) is 4.27. The second kappa shape index (κ2) is 6.30. The summed E-state index contributed by atoms with van der Waals surface area (Å²) in [6, 6.07) is 6.65. The molecule has 0 spiro atoms. The number of hydrogen-bond acceptors (Lipinski definition) is 2. The number of rotatable bonds is 3. The summed E-state index contributed by atoms with van der Waals surface area (Å²) in [4.78, 5) is 12.3. The highest BCUT2D eigenvalue weighted by molar-refractivity contribution is 6.03. The number of amides is 1. The Morgan fingerprint density at radius 2 is 2.05 bits per heavy atom. The molecule has 0 unspecified atom stereocenters. The van der Waals surface area contributed by atoms with Crippen molar-refractivity contribution in [2.24, 2.45) is 0 Å². The smallest absolute Gasteiger partial charge is 0.256 e. The van der Waals surface area contributed by atoms with Gasteiger partial charge in [0.05, 0.1) is 12.2 Å². The van der Waals surface area contributed by atoms with Crippen LogP contribution in [0.5, 0.6) is 0 Å². The van der Waals surface area contributed by atoms with Crippen molar-refractivity contribution in [2.75, 3.05) is 5.32 Å². The molecule has 0 bridgehead atoms. The van der Waals surface area contributed by atoms with Gasteiger partial charge in [0, 0.05) is 11.6 Å². The molecule has 0 atom stereocenters. The van der Waals surface area contributed by atoms with E-state index >= 15 is 0 Å². The number of aryl methyl sites for hydroxylation is 1. The molecule has 22 heavy (non-hydrogen) atoms. The van der Waals surface area contributed by atoms with Crippen LogP contribution in [0, 0.1) is 12.7 Å². The minimum Gasteiger partial charge on any atom is -0.307 e. The van der Waals surface area contributed by atoms with E-state index < -0.39 is 0 Å². The average molecular weight is 301 g/mol. The molecule has 116 valence electrons. The molecule has 1 aromatic heterocycles. The predicted octanol–water partition coefficient (Wildman–Crippen LogP) is 4.09. The van der Waals surface area contributed by atoms with Gasteiger partial charge in [-0.3, -0.25) is 4.79 Å². The zero-order chi connectivity index (χ0) is 15.5. The van der Waals surface area contributed by atoms with Crippen LogP contribution in [0.25, 0.3) is 0 Å². The number of carbonyl (C=O) groups is 1. The molecule has 2 aromatic rings. The molecule has 1 fully saturated rings. The number of hydrogen-bond donors (Lipinski definition) is 1. The Morgan fingerprint density at radius 3 is 2.77 bits per heavy atom. The highest BCUT2D eigenvalue weighted by Gasteiger charge is 2.19. The van der Waals surface area contributed by atoms with Gasteiger partial charge in [-0.15, -0.1) is 0 Å². The van der Waals surface area contributed by atoms with Gasteiger partial charge < -0.3 is 5.32 Å². The van der Waals surface area contributed by atoms with E-state index in [2.05, 4.69) is 10.4 Å². The number of anilines is 1. The minimum absolute atomic E-state index is 0.309. The summed E-state index contributed by atoms with van der Waals surface area (Å²) in [6.45, 7) is 1.68. The molecule has 1 heterocycles. The van der Waals surface area contributed by atoms with Crippen LogP contribution in [0.3, 0.4) is 0 Å². The maximum absolute atomic E-state index is 13.6. The molecule has 5 heteroatoms. The maximum Gasteiger partial charge on any atom is 0.256 e. The summed E-state index contributed by atoms with van der Waals surface area (Å²) in [6.07, 6.45) is 7.53. The predicted molar refractivity (Wildman–Crippen MR) is 83.4 cm³/mol. The van der Waals surface area contributed by atoms with Gasteiger partial charge in [0.1, 0.15) is 11.6 Å². The van der Waals surface area contributed by atoms with Gasteiger partial charge in [-0.25, -0.2) is 9.07 Å². The first-order chi connectivity index (χ1) is 10.6. The number of aromatic nitrogens is 2. The minimum atomic E-state index is -0.367. The van der Waals surface area contributed by atoms with Gasteiger partial charge in [0.25, 0.3) is 5.91 Å². The zero-order valence-corrected chi connectivity index (χ0v) is 12.7. The van der Waals surface area contributed by atoms with Crippen molar-refractivity contribution in [1.29, 1.82) is 0 Å². The van der Waals surface area contributed by atoms with Gasteiger partial charge in [0.15, 0.2) is 0 Å². The summed E-state index contributed by atoms with van der Waals surface area (Å²) in [5.74, 6) is 0.00257. The Labute approximate surface area is 129 Å².